The van der Waals surface area contributed by atoms with E-state index in [-0.39, 0.29) is 11.8 Å². The van der Waals surface area contributed by atoms with Gasteiger partial charge in [0.1, 0.15) is 5.82 Å². The molecule has 0 saturated heterocycles. The number of carbonyl (C=O) groups excluding carboxylic acids is 1. The zero-order chi connectivity index (χ0) is 14.1. The van der Waals surface area contributed by atoms with Gasteiger partial charge in [-0.05, 0) is 19.3 Å². The van der Waals surface area contributed by atoms with Crippen molar-refractivity contribution in [2.24, 2.45) is 5.92 Å². The standard InChI is InChI=1S/C15H22N4O/c1-11(2)14-17-16-13-10-18(8-9-19(13)14)15(20)12-6-4-3-5-7-12/h3-4,11-12H,5-10H2,1-2H3. The molecule has 5 nitrogen and oxygen atoms in total. The molecule has 0 N–H and O–H groups in total. The molecule has 3 rings (SSSR count). The molecule has 1 unspecified atom stereocenters. The van der Waals surface area contributed by atoms with Crippen LogP contribution in [0.3, 0.4) is 0 Å². The average molecular weight is 274 g/mol. The fourth-order valence-electron chi connectivity index (χ4n) is 3.07. The Hall–Kier alpha value is -1.65. The number of rotatable bonds is 2. The van der Waals surface area contributed by atoms with Gasteiger partial charge in [-0.25, -0.2) is 0 Å². The van der Waals surface area contributed by atoms with Gasteiger partial charge >= 0.3 is 0 Å². The Bertz CT molecular complexity index is 532. The van der Waals surface area contributed by atoms with Crippen LogP contribution >= 0.6 is 0 Å². The van der Waals surface area contributed by atoms with Crippen LogP contribution in [0, 0.1) is 5.92 Å². The molecule has 1 aliphatic heterocycles. The van der Waals surface area contributed by atoms with E-state index in [1.807, 2.05) is 4.90 Å². The van der Waals surface area contributed by atoms with Crippen LogP contribution in [0.1, 0.15) is 50.7 Å². The molecule has 0 aromatic carbocycles. The molecule has 20 heavy (non-hydrogen) atoms. The van der Waals surface area contributed by atoms with Gasteiger partial charge in [0.25, 0.3) is 0 Å². The van der Waals surface area contributed by atoms with Crippen LogP contribution in [-0.2, 0) is 17.9 Å². The van der Waals surface area contributed by atoms with Crippen molar-refractivity contribution >= 4 is 5.91 Å². The molecular formula is C15H22N4O. The third-order valence-electron chi connectivity index (χ3n) is 4.23. The Labute approximate surface area is 119 Å². The minimum absolute atomic E-state index is 0.166. The molecule has 2 heterocycles. The van der Waals surface area contributed by atoms with Gasteiger partial charge in [-0.2, -0.15) is 0 Å². The maximum atomic E-state index is 12.5. The molecule has 0 radical (unpaired) electrons. The quantitative estimate of drug-likeness (QED) is 0.776. The predicted octanol–water partition coefficient (Wildman–Crippen LogP) is 2.10. The highest BCUT2D eigenvalue weighted by molar-refractivity contribution is 5.79. The molecule has 2 aliphatic rings. The van der Waals surface area contributed by atoms with Crippen LogP contribution in [0.25, 0.3) is 0 Å². The number of aromatic nitrogens is 3. The highest BCUT2D eigenvalue weighted by atomic mass is 16.2. The van der Waals surface area contributed by atoms with E-state index in [1.165, 1.54) is 0 Å². The lowest BCUT2D eigenvalue weighted by Gasteiger charge is -2.31. The van der Waals surface area contributed by atoms with Gasteiger partial charge in [0.2, 0.25) is 5.91 Å². The second kappa shape index (κ2) is 5.38. The van der Waals surface area contributed by atoms with Crippen LogP contribution in [0.15, 0.2) is 12.2 Å². The molecule has 1 aromatic rings. The molecule has 1 aliphatic carbocycles. The lowest BCUT2D eigenvalue weighted by molar-refractivity contribution is -0.137. The van der Waals surface area contributed by atoms with Crippen LogP contribution in [0.4, 0.5) is 0 Å². The summed E-state index contributed by atoms with van der Waals surface area (Å²) in [5, 5.41) is 8.53. The summed E-state index contributed by atoms with van der Waals surface area (Å²) in [6.45, 7) is 6.47. The van der Waals surface area contributed by atoms with Crippen molar-refractivity contribution in [3.63, 3.8) is 0 Å². The third kappa shape index (κ3) is 2.37. The second-order valence-corrected chi connectivity index (χ2v) is 6.02. The minimum Gasteiger partial charge on any atom is -0.333 e. The Morgan fingerprint density at radius 3 is 2.85 bits per heavy atom. The van der Waals surface area contributed by atoms with Gasteiger partial charge in [-0.3, -0.25) is 4.79 Å². The highest BCUT2D eigenvalue weighted by Crippen LogP contribution is 2.24. The normalized spacial score (nSPS) is 22.1. The summed E-state index contributed by atoms with van der Waals surface area (Å²) in [4.78, 5) is 14.5. The molecule has 1 amide bonds. The van der Waals surface area contributed by atoms with Crippen LogP contribution in [0.2, 0.25) is 0 Å². The van der Waals surface area contributed by atoms with E-state index in [0.717, 1.165) is 44.0 Å². The Morgan fingerprint density at radius 1 is 1.30 bits per heavy atom. The zero-order valence-corrected chi connectivity index (χ0v) is 12.2. The molecule has 0 bridgehead atoms. The van der Waals surface area contributed by atoms with Crippen LogP contribution in [-0.4, -0.2) is 32.1 Å². The summed E-state index contributed by atoms with van der Waals surface area (Å²) in [6.07, 6.45) is 7.20. The van der Waals surface area contributed by atoms with Crippen molar-refractivity contribution < 1.29 is 4.79 Å². The van der Waals surface area contributed by atoms with Gasteiger partial charge in [-0.1, -0.05) is 26.0 Å². The minimum atomic E-state index is 0.166. The molecule has 0 saturated carbocycles. The maximum Gasteiger partial charge on any atom is 0.226 e. The van der Waals surface area contributed by atoms with Gasteiger partial charge in [0.05, 0.1) is 6.54 Å². The number of hydrogen-bond donors (Lipinski definition) is 0. The van der Waals surface area contributed by atoms with E-state index in [4.69, 9.17) is 0 Å². The van der Waals surface area contributed by atoms with Crippen molar-refractivity contribution in [1.82, 2.24) is 19.7 Å². The van der Waals surface area contributed by atoms with Gasteiger partial charge in [-0.15, -0.1) is 10.2 Å². The van der Waals surface area contributed by atoms with E-state index in [1.54, 1.807) is 0 Å². The highest BCUT2D eigenvalue weighted by Gasteiger charge is 2.29. The fraction of sp³-hybridized carbons (Fsp3) is 0.667. The van der Waals surface area contributed by atoms with Crippen molar-refractivity contribution in [3.05, 3.63) is 23.8 Å². The lowest BCUT2D eigenvalue weighted by Crippen LogP contribution is -2.42. The van der Waals surface area contributed by atoms with Crippen molar-refractivity contribution in [2.75, 3.05) is 6.54 Å². The smallest absolute Gasteiger partial charge is 0.226 e. The summed E-state index contributed by atoms with van der Waals surface area (Å²) < 4.78 is 2.18. The van der Waals surface area contributed by atoms with E-state index in [2.05, 4.69) is 40.8 Å². The van der Waals surface area contributed by atoms with Gasteiger partial charge in [0.15, 0.2) is 5.82 Å². The first-order chi connectivity index (χ1) is 9.66. The first kappa shape index (κ1) is 13.3. The average Bonchev–Trinajstić information content (AvgIpc) is 2.90. The summed E-state index contributed by atoms with van der Waals surface area (Å²) in [6, 6.07) is 0. The predicted molar refractivity (Wildman–Crippen MR) is 76.0 cm³/mol. The topological polar surface area (TPSA) is 51.0 Å². The van der Waals surface area contributed by atoms with E-state index in [0.29, 0.717) is 12.5 Å². The van der Waals surface area contributed by atoms with Crippen molar-refractivity contribution in [1.29, 1.82) is 0 Å². The number of amides is 1. The number of nitrogens with zero attached hydrogens (tertiary/aromatic N) is 4. The number of hydrogen-bond acceptors (Lipinski definition) is 3. The summed E-state index contributed by atoms with van der Waals surface area (Å²) >= 11 is 0. The van der Waals surface area contributed by atoms with Crippen molar-refractivity contribution in [3.8, 4) is 0 Å². The van der Waals surface area contributed by atoms with Gasteiger partial charge in [0, 0.05) is 24.9 Å². The van der Waals surface area contributed by atoms with Crippen LogP contribution in [0.5, 0.6) is 0 Å². The molecular weight excluding hydrogens is 252 g/mol. The molecule has 0 fully saturated rings. The number of fused-ring (bicyclic) bond motifs is 1. The van der Waals surface area contributed by atoms with E-state index < -0.39 is 0 Å². The summed E-state index contributed by atoms with van der Waals surface area (Å²) in [5.74, 6) is 2.79. The maximum absolute atomic E-state index is 12.5. The first-order valence-electron chi connectivity index (χ1n) is 7.52. The van der Waals surface area contributed by atoms with E-state index >= 15 is 0 Å². The molecule has 1 aromatic heterocycles. The molecule has 1 atom stereocenters. The Kier molecular flexibility index (Phi) is 3.59. The second-order valence-electron chi connectivity index (χ2n) is 6.02. The Morgan fingerprint density at radius 2 is 2.15 bits per heavy atom. The number of carbonyl (C=O) groups is 1. The monoisotopic (exact) mass is 274 g/mol. The zero-order valence-electron chi connectivity index (χ0n) is 12.2. The van der Waals surface area contributed by atoms with Crippen LogP contribution < -0.4 is 0 Å². The fourth-order valence-corrected chi connectivity index (χ4v) is 3.07. The SMILES string of the molecule is CC(C)c1nnc2n1CCN(C(=O)C1CC=CCC1)C2. The van der Waals surface area contributed by atoms with E-state index in [9.17, 15) is 4.79 Å². The van der Waals surface area contributed by atoms with Gasteiger partial charge < -0.3 is 9.47 Å². The summed E-state index contributed by atoms with van der Waals surface area (Å²) in [5.41, 5.74) is 0. The van der Waals surface area contributed by atoms with Crippen molar-refractivity contribution in [2.45, 2.75) is 52.1 Å². The molecule has 5 heteroatoms. The molecule has 108 valence electrons. The Balaban J connectivity index is 1.72. The largest absolute Gasteiger partial charge is 0.333 e. The first-order valence-corrected chi connectivity index (χ1v) is 7.52. The third-order valence-corrected chi connectivity index (χ3v) is 4.23. The summed E-state index contributed by atoms with van der Waals surface area (Å²) in [7, 11) is 0. The molecule has 0 spiro atoms. The lowest BCUT2D eigenvalue weighted by atomic mass is 9.93. The number of allylic oxidation sites excluding steroid dienone is 2.